The highest BCUT2D eigenvalue weighted by atomic mass is 16.2. The van der Waals surface area contributed by atoms with Crippen molar-refractivity contribution in [2.24, 2.45) is 17.8 Å². The normalized spacial score (nSPS) is 18.9. The Kier molecular flexibility index (Phi) is 12.8. The zero-order valence-electron chi connectivity index (χ0n) is 26.9. The van der Waals surface area contributed by atoms with Crippen molar-refractivity contribution in [3.8, 4) is 0 Å². The van der Waals surface area contributed by atoms with Crippen molar-refractivity contribution in [1.82, 2.24) is 0 Å². The van der Waals surface area contributed by atoms with Gasteiger partial charge in [0.25, 0.3) is 0 Å². The van der Waals surface area contributed by atoms with Crippen LogP contribution >= 0.6 is 0 Å². The number of hydrogen-bond donors (Lipinski definition) is 0. The van der Waals surface area contributed by atoms with Gasteiger partial charge in [-0.05, 0) is 76.0 Å². The van der Waals surface area contributed by atoms with Gasteiger partial charge in [0, 0.05) is 54.5 Å². The molecule has 0 bridgehead atoms. The Bertz CT molecular complexity index is 881. The van der Waals surface area contributed by atoms with Crippen LogP contribution in [0.2, 0.25) is 0 Å². The Balaban J connectivity index is 1.78. The van der Waals surface area contributed by atoms with Gasteiger partial charge in [-0.2, -0.15) is 0 Å². The third-order valence-corrected chi connectivity index (χ3v) is 9.83. The van der Waals surface area contributed by atoms with E-state index < -0.39 is 0 Å². The number of rotatable bonds is 12. The molecule has 0 unspecified atom stereocenters. The van der Waals surface area contributed by atoms with Crippen molar-refractivity contribution in [2.45, 2.75) is 136 Å². The molecule has 0 atom stereocenters. The van der Waals surface area contributed by atoms with Gasteiger partial charge in [0.1, 0.15) is 0 Å². The van der Waals surface area contributed by atoms with Gasteiger partial charge in [0.2, 0.25) is 17.7 Å². The Morgan fingerprint density at radius 2 is 0.714 bits per heavy atom. The molecule has 6 nitrogen and oxygen atoms in total. The first kappa shape index (κ1) is 32.5. The first-order valence-electron chi connectivity index (χ1n) is 17.6. The molecule has 42 heavy (non-hydrogen) atoms. The van der Waals surface area contributed by atoms with Gasteiger partial charge in [0.15, 0.2) is 0 Å². The van der Waals surface area contributed by atoms with E-state index in [1.807, 2.05) is 14.7 Å². The van der Waals surface area contributed by atoms with Crippen LogP contribution in [0.3, 0.4) is 0 Å². The maximum Gasteiger partial charge on any atom is 0.230 e. The molecule has 1 aromatic carbocycles. The van der Waals surface area contributed by atoms with Gasteiger partial charge in [-0.1, -0.05) is 78.6 Å². The van der Waals surface area contributed by atoms with E-state index in [0.717, 1.165) is 113 Å². The van der Waals surface area contributed by atoms with E-state index in [0.29, 0.717) is 19.6 Å². The minimum Gasteiger partial charge on any atom is -0.312 e. The summed E-state index contributed by atoms with van der Waals surface area (Å²) in [6.07, 6.45) is 18.6. The zero-order valence-corrected chi connectivity index (χ0v) is 26.9. The molecule has 3 fully saturated rings. The number of hydrogen-bond acceptors (Lipinski definition) is 3. The highest BCUT2D eigenvalue weighted by molar-refractivity contribution is 6.02. The molecule has 0 spiro atoms. The van der Waals surface area contributed by atoms with Crippen molar-refractivity contribution in [2.75, 3.05) is 34.3 Å². The SMILES string of the molecule is CCCN(C(=O)C1CCCCC1)c1cc(N(CCC)C(=O)C2CCCCC2)cc(N(CCC)C(=O)C2CCCCC2)c1. The van der Waals surface area contributed by atoms with E-state index in [1.165, 1.54) is 19.3 Å². The third-order valence-electron chi connectivity index (χ3n) is 9.83. The highest BCUT2D eigenvalue weighted by Crippen LogP contribution is 2.37. The summed E-state index contributed by atoms with van der Waals surface area (Å²) < 4.78 is 0. The molecule has 0 aromatic heterocycles. The van der Waals surface area contributed by atoms with Gasteiger partial charge in [0.05, 0.1) is 0 Å². The lowest BCUT2D eigenvalue weighted by Gasteiger charge is -2.34. The average molecular weight is 580 g/mol. The predicted octanol–water partition coefficient (Wildman–Crippen LogP) is 8.66. The summed E-state index contributed by atoms with van der Waals surface area (Å²) in [5.74, 6) is 0.804. The maximum absolute atomic E-state index is 14.0. The summed E-state index contributed by atoms with van der Waals surface area (Å²) in [6, 6.07) is 6.22. The van der Waals surface area contributed by atoms with E-state index in [4.69, 9.17) is 0 Å². The first-order chi connectivity index (χ1) is 20.5. The lowest BCUT2D eigenvalue weighted by molar-refractivity contribution is -0.124. The number of carbonyl (C=O) groups excluding carboxylic acids is 3. The summed E-state index contributed by atoms with van der Waals surface area (Å²) in [5, 5.41) is 0. The molecule has 0 heterocycles. The second-order valence-corrected chi connectivity index (χ2v) is 13.2. The summed E-state index contributed by atoms with van der Waals surface area (Å²) in [4.78, 5) is 48.0. The fourth-order valence-corrected chi connectivity index (χ4v) is 7.53. The van der Waals surface area contributed by atoms with Crippen LogP contribution in [0.15, 0.2) is 18.2 Å². The van der Waals surface area contributed by atoms with Gasteiger partial charge >= 0.3 is 0 Å². The first-order valence-corrected chi connectivity index (χ1v) is 17.6. The van der Waals surface area contributed by atoms with E-state index in [9.17, 15) is 14.4 Å². The lowest BCUT2D eigenvalue weighted by atomic mass is 9.87. The predicted molar refractivity (Wildman–Crippen MR) is 174 cm³/mol. The quantitative estimate of drug-likeness (QED) is 0.249. The van der Waals surface area contributed by atoms with Crippen LogP contribution in [0.4, 0.5) is 17.1 Å². The molecule has 3 aliphatic rings. The largest absolute Gasteiger partial charge is 0.312 e. The third kappa shape index (κ3) is 8.17. The van der Waals surface area contributed by atoms with Gasteiger partial charge in [-0.15, -0.1) is 0 Å². The molecule has 1 aromatic rings. The highest BCUT2D eigenvalue weighted by Gasteiger charge is 2.32. The molecule has 0 saturated heterocycles. The van der Waals surface area contributed by atoms with E-state index >= 15 is 0 Å². The fourth-order valence-electron chi connectivity index (χ4n) is 7.53. The molecule has 6 heteroatoms. The number of amides is 3. The molecule has 3 aliphatic carbocycles. The second-order valence-electron chi connectivity index (χ2n) is 13.2. The Hall–Kier alpha value is -2.37. The van der Waals surface area contributed by atoms with Crippen molar-refractivity contribution in [3.05, 3.63) is 18.2 Å². The van der Waals surface area contributed by atoms with E-state index in [-0.39, 0.29) is 35.5 Å². The van der Waals surface area contributed by atoms with Crippen LogP contribution in [0.25, 0.3) is 0 Å². The number of benzene rings is 1. The lowest BCUT2D eigenvalue weighted by Crippen LogP contribution is -2.41. The molecule has 3 amide bonds. The van der Waals surface area contributed by atoms with Crippen molar-refractivity contribution in [1.29, 1.82) is 0 Å². The molecule has 4 rings (SSSR count). The van der Waals surface area contributed by atoms with E-state index in [2.05, 4.69) is 39.0 Å². The number of carbonyl (C=O) groups is 3. The summed E-state index contributed by atoms with van der Waals surface area (Å²) in [7, 11) is 0. The van der Waals surface area contributed by atoms with Crippen molar-refractivity contribution < 1.29 is 14.4 Å². The Morgan fingerprint density at radius 3 is 0.929 bits per heavy atom. The zero-order chi connectivity index (χ0) is 29.9. The minimum absolute atomic E-state index is 0.0589. The minimum atomic E-state index is 0.0589. The van der Waals surface area contributed by atoms with E-state index in [1.54, 1.807) is 0 Å². The summed E-state index contributed by atoms with van der Waals surface area (Å²) >= 11 is 0. The van der Waals surface area contributed by atoms with Gasteiger partial charge in [-0.25, -0.2) is 0 Å². The smallest absolute Gasteiger partial charge is 0.230 e. The fraction of sp³-hybridized carbons (Fsp3) is 0.750. The van der Waals surface area contributed by atoms with Crippen LogP contribution in [-0.4, -0.2) is 37.4 Å². The van der Waals surface area contributed by atoms with Crippen LogP contribution in [0, 0.1) is 17.8 Å². The molecule has 3 saturated carbocycles. The van der Waals surface area contributed by atoms with Gasteiger partial charge < -0.3 is 14.7 Å². The topological polar surface area (TPSA) is 60.9 Å². The monoisotopic (exact) mass is 579 g/mol. The summed E-state index contributed by atoms with van der Waals surface area (Å²) in [6.45, 7) is 8.31. The van der Waals surface area contributed by atoms with Crippen molar-refractivity contribution in [3.63, 3.8) is 0 Å². The van der Waals surface area contributed by atoms with Crippen LogP contribution in [0.5, 0.6) is 0 Å². The maximum atomic E-state index is 14.0. The van der Waals surface area contributed by atoms with Gasteiger partial charge in [-0.3, -0.25) is 14.4 Å². The molecule has 0 aliphatic heterocycles. The Morgan fingerprint density at radius 1 is 0.476 bits per heavy atom. The van der Waals surface area contributed by atoms with Crippen LogP contribution in [-0.2, 0) is 14.4 Å². The number of anilines is 3. The Labute approximate surface area is 255 Å². The molecular formula is C36H57N3O3. The van der Waals surface area contributed by atoms with Crippen LogP contribution < -0.4 is 14.7 Å². The molecule has 234 valence electrons. The molecule has 0 N–H and O–H groups in total. The average Bonchev–Trinajstić information content (AvgIpc) is 3.05. The standard InChI is InChI=1S/C36H57N3O3/c1-4-22-37(34(40)28-16-10-7-11-17-28)31-25-32(38(23-5-2)35(41)29-18-12-8-13-19-29)27-33(26-31)39(24-6-3)36(42)30-20-14-9-15-21-30/h25-30H,4-24H2,1-3H3. The van der Waals surface area contributed by atoms with Crippen LogP contribution in [0.1, 0.15) is 136 Å². The molecule has 0 radical (unpaired) electrons. The van der Waals surface area contributed by atoms with Crippen molar-refractivity contribution >= 4 is 34.8 Å². The number of nitrogens with zero attached hydrogens (tertiary/aromatic N) is 3. The second kappa shape index (κ2) is 16.5. The molecular weight excluding hydrogens is 522 g/mol. The summed E-state index contributed by atoms with van der Waals surface area (Å²) in [5.41, 5.74) is 2.53.